The van der Waals surface area contributed by atoms with Crippen molar-refractivity contribution in [3.05, 3.63) is 28.3 Å². The summed E-state index contributed by atoms with van der Waals surface area (Å²) in [6.07, 6.45) is 1.70. The van der Waals surface area contributed by atoms with Crippen molar-refractivity contribution >= 4 is 28.7 Å². The van der Waals surface area contributed by atoms with Gasteiger partial charge < -0.3 is 11.1 Å². The lowest BCUT2D eigenvalue weighted by molar-refractivity contribution is -0.383. The Labute approximate surface area is 105 Å². The number of halogens is 1. The molecule has 94 valence electrons. The Morgan fingerprint density at radius 1 is 1.59 bits per heavy atom. The second-order valence-electron chi connectivity index (χ2n) is 3.85. The molecule has 0 fully saturated rings. The van der Waals surface area contributed by atoms with Crippen molar-refractivity contribution in [3.63, 3.8) is 0 Å². The molecule has 0 aliphatic heterocycles. The van der Waals surface area contributed by atoms with Gasteiger partial charge in [0.05, 0.1) is 10.6 Å². The van der Waals surface area contributed by atoms with Crippen LogP contribution in [0.2, 0.25) is 0 Å². The largest absolute Gasteiger partial charge is 0.397 e. The summed E-state index contributed by atoms with van der Waals surface area (Å²) in [5.74, 6) is 0. The number of rotatable bonds is 6. The number of nitrogens with two attached hydrogens (primary N) is 1. The minimum Gasteiger partial charge on any atom is -0.397 e. The molecule has 1 aromatic carbocycles. The topological polar surface area (TPSA) is 81.2 Å². The molecule has 0 aromatic heterocycles. The number of benzene rings is 1. The predicted octanol–water partition coefficient (Wildman–Crippen LogP) is 3.00. The van der Waals surface area contributed by atoms with Crippen LogP contribution in [-0.4, -0.2) is 16.8 Å². The van der Waals surface area contributed by atoms with Gasteiger partial charge in [-0.25, -0.2) is 0 Å². The number of hydrogen-bond donors (Lipinski definition) is 2. The van der Waals surface area contributed by atoms with Crippen LogP contribution in [0.25, 0.3) is 0 Å². The van der Waals surface area contributed by atoms with Gasteiger partial charge in [-0.05, 0) is 25.8 Å². The molecule has 0 radical (unpaired) electrons. The molecule has 1 atom stereocenters. The Morgan fingerprint density at radius 2 is 2.29 bits per heavy atom. The lowest BCUT2D eigenvalue weighted by atomic mass is 10.2. The summed E-state index contributed by atoms with van der Waals surface area (Å²) in [5, 5.41) is 13.9. The molecule has 0 spiro atoms. The van der Waals surface area contributed by atoms with E-state index in [1.807, 2.05) is 6.92 Å². The van der Waals surface area contributed by atoms with E-state index in [1.165, 1.54) is 6.07 Å². The number of para-hydroxylation sites is 1. The quantitative estimate of drug-likeness (QED) is 0.270. The van der Waals surface area contributed by atoms with Crippen molar-refractivity contribution in [2.75, 3.05) is 17.6 Å². The highest BCUT2D eigenvalue weighted by molar-refractivity contribution is 6.20. The van der Waals surface area contributed by atoms with Crippen molar-refractivity contribution in [1.82, 2.24) is 0 Å². The molecule has 0 aliphatic carbocycles. The van der Waals surface area contributed by atoms with E-state index in [0.29, 0.717) is 17.9 Å². The highest BCUT2D eigenvalue weighted by Gasteiger charge is 2.15. The SMILES string of the molecule is CC(Cl)CCCNc1c(N)cccc1[N+](=O)[O-]. The molecule has 5 nitrogen and oxygen atoms in total. The van der Waals surface area contributed by atoms with Crippen LogP contribution >= 0.6 is 11.6 Å². The molecule has 17 heavy (non-hydrogen) atoms. The van der Waals surface area contributed by atoms with E-state index in [1.54, 1.807) is 12.1 Å². The van der Waals surface area contributed by atoms with Crippen LogP contribution in [0.5, 0.6) is 0 Å². The maximum atomic E-state index is 10.8. The van der Waals surface area contributed by atoms with E-state index < -0.39 is 4.92 Å². The fourth-order valence-corrected chi connectivity index (χ4v) is 1.65. The predicted molar refractivity (Wildman–Crippen MR) is 70.5 cm³/mol. The molecule has 0 bridgehead atoms. The molecule has 1 rings (SSSR count). The van der Waals surface area contributed by atoms with E-state index in [-0.39, 0.29) is 11.1 Å². The smallest absolute Gasteiger partial charge is 0.294 e. The van der Waals surface area contributed by atoms with Crippen LogP contribution in [0.3, 0.4) is 0 Å². The third-order valence-corrected chi connectivity index (χ3v) is 2.57. The molecular formula is C11H16ClN3O2. The number of nitro groups is 1. The van der Waals surface area contributed by atoms with Crippen LogP contribution in [0, 0.1) is 10.1 Å². The highest BCUT2D eigenvalue weighted by atomic mass is 35.5. The molecule has 0 amide bonds. The third-order valence-electron chi connectivity index (χ3n) is 2.35. The van der Waals surface area contributed by atoms with Crippen molar-refractivity contribution in [3.8, 4) is 0 Å². The summed E-state index contributed by atoms with van der Waals surface area (Å²) in [6, 6.07) is 4.64. The number of hydrogen-bond acceptors (Lipinski definition) is 4. The number of nitrogen functional groups attached to an aromatic ring is 1. The lowest BCUT2D eigenvalue weighted by Gasteiger charge is -2.09. The zero-order chi connectivity index (χ0) is 12.8. The Hall–Kier alpha value is -1.49. The van der Waals surface area contributed by atoms with Gasteiger partial charge in [0, 0.05) is 18.0 Å². The number of alkyl halides is 1. The summed E-state index contributed by atoms with van der Waals surface area (Å²) in [4.78, 5) is 10.4. The van der Waals surface area contributed by atoms with E-state index in [4.69, 9.17) is 17.3 Å². The average Bonchev–Trinajstić information content (AvgIpc) is 2.25. The molecule has 6 heteroatoms. The molecule has 0 heterocycles. The van der Waals surface area contributed by atoms with Crippen LogP contribution in [0.15, 0.2) is 18.2 Å². The van der Waals surface area contributed by atoms with E-state index in [0.717, 1.165) is 12.8 Å². The Balaban J connectivity index is 2.66. The minimum atomic E-state index is -0.442. The van der Waals surface area contributed by atoms with Gasteiger partial charge in [0.25, 0.3) is 5.69 Å². The molecule has 0 aliphatic rings. The molecule has 1 unspecified atom stereocenters. The fourth-order valence-electron chi connectivity index (χ4n) is 1.50. The maximum Gasteiger partial charge on any atom is 0.294 e. The van der Waals surface area contributed by atoms with Gasteiger partial charge in [-0.3, -0.25) is 10.1 Å². The summed E-state index contributed by atoms with van der Waals surface area (Å²) in [7, 11) is 0. The first kappa shape index (κ1) is 13.6. The molecule has 3 N–H and O–H groups in total. The van der Waals surface area contributed by atoms with E-state index >= 15 is 0 Å². The number of nitrogens with zero attached hydrogens (tertiary/aromatic N) is 1. The van der Waals surface area contributed by atoms with Gasteiger partial charge in [0.2, 0.25) is 0 Å². The molecule has 1 aromatic rings. The van der Waals surface area contributed by atoms with Gasteiger partial charge in [-0.1, -0.05) is 6.07 Å². The van der Waals surface area contributed by atoms with Gasteiger partial charge >= 0.3 is 0 Å². The summed E-state index contributed by atoms with van der Waals surface area (Å²) in [6.45, 7) is 2.53. The van der Waals surface area contributed by atoms with Gasteiger partial charge in [-0.15, -0.1) is 11.6 Å². The van der Waals surface area contributed by atoms with Crippen LogP contribution in [-0.2, 0) is 0 Å². The maximum absolute atomic E-state index is 10.8. The normalized spacial score (nSPS) is 12.1. The van der Waals surface area contributed by atoms with Crippen LogP contribution < -0.4 is 11.1 Å². The second kappa shape index (κ2) is 6.30. The summed E-state index contributed by atoms with van der Waals surface area (Å²) < 4.78 is 0. The van der Waals surface area contributed by atoms with Crippen LogP contribution in [0.1, 0.15) is 19.8 Å². The lowest BCUT2D eigenvalue weighted by Crippen LogP contribution is -2.08. The van der Waals surface area contributed by atoms with E-state index in [9.17, 15) is 10.1 Å². The Kier molecular flexibility index (Phi) is 5.03. The first-order chi connectivity index (χ1) is 8.02. The van der Waals surface area contributed by atoms with Crippen molar-refractivity contribution in [2.45, 2.75) is 25.1 Å². The van der Waals surface area contributed by atoms with Gasteiger partial charge in [-0.2, -0.15) is 0 Å². The standard InChI is InChI=1S/C11H16ClN3O2/c1-8(12)4-3-7-14-11-9(13)5-2-6-10(11)15(16)17/h2,5-6,8,14H,3-4,7,13H2,1H3. The first-order valence-electron chi connectivity index (χ1n) is 5.43. The monoisotopic (exact) mass is 257 g/mol. The second-order valence-corrected chi connectivity index (χ2v) is 4.59. The average molecular weight is 258 g/mol. The summed E-state index contributed by atoms with van der Waals surface area (Å²) >= 11 is 5.81. The first-order valence-corrected chi connectivity index (χ1v) is 5.87. The zero-order valence-electron chi connectivity index (χ0n) is 9.65. The number of nitro benzene ring substituents is 1. The Bertz CT molecular complexity index is 396. The van der Waals surface area contributed by atoms with Crippen molar-refractivity contribution in [2.24, 2.45) is 0 Å². The molecular weight excluding hydrogens is 242 g/mol. The number of nitrogens with one attached hydrogen (secondary N) is 1. The van der Waals surface area contributed by atoms with Crippen molar-refractivity contribution in [1.29, 1.82) is 0 Å². The zero-order valence-corrected chi connectivity index (χ0v) is 10.4. The molecule has 0 saturated heterocycles. The van der Waals surface area contributed by atoms with Crippen molar-refractivity contribution < 1.29 is 4.92 Å². The number of anilines is 2. The summed E-state index contributed by atoms with van der Waals surface area (Å²) in [5.41, 5.74) is 6.49. The Morgan fingerprint density at radius 3 is 2.88 bits per heavy atom. The third kappa shape index (κ3) is 4.11. The van der Waals surface area contributed by atoms with Gasteiger partial charge in [0.15, 0.2) is 0 Å². The highest BCUT2D eigenvalue weighted by Crippen LogP contribution is 2.29. The minimum absolute atomic E-state index is 0.00363. The fraction of sp³-hybridized carbons (Fsp3) is 0.455. The van der Waals surface area contributed by atoms with Crippen LogP contribution in [0.4, 0.5) is 17.1 Å². The molecule has 0 saturated carbocycles. The van der Waals surface area contributed by atoms with E-state index in [2.05, 4.69) is 5.32 Å². The van der Waals surface area contributed by atoms with Gasteiger partial charge in [0.1, 0.15) is 5.69 Å².